The Morgan fingerprint density at radius 1 is 1.05 bits per heavy atom. The summed E-state index contributed by atoms with van der Waals surface area (Å²) in [5.74, 6) is 0.112. The fourth-order valence-corrected chi connectivity index (χ4v) is 2.22. The van der Waals surface area contributed by atoms with E-state index < -0.39 is 0 Å². The van der Waals surface area contributed by atoms with Gasteiger partial charge in [0.1, 0.15) is 0 Å². The Balaban J connectivity index is 2.63. The lowest BCUT2D eigenvalue weighted by Crippen LogP contribution is -2.30. The number of carbonyl (C=O) groups excluding carboxylic acids is 2. The molecule has 0 atom stereocenters. The Hall–Kier alpha value is -1.64. The maximum atomic E-state index is 12.1. The van der Waals surface area contributed by atoms with Crippen molar-refractivity contribution >= 4 is 11.7 Å². The molecule has 0 N–H and O–H groups in total. The van der Waals surface area contributed by atoms with Gasteiger partial charge in [-0.2, -0.15) is 0 Å². The minimum atomic E-state index is 0.0537. The number of nitrogens with zero attached hydrogens (tertiary/aromatic N) is 1. The van der Waals surface area contributed by atoms with Gasteiger partial charge in [0.05, 0.1) is 0 Å². The maximum absolute atomic E-state index is 12.1. The Labute approximate surface area is 115 Å². The first-order valence-corrected chi connectivity index (χ1v) is 6.87. The molecule has 0 unspecified atom stereocenters. The summed E-state index contributed by atoms with van der Waals surface area (Å²) in [5.41, 5.74) is 2.87. The highest BCUT2D eigenvalue weighted by molar-refractivity contribution is 5.99. The predicted octanol–water partition coefficient (Wildman–Crippen LogP) is 3.13. The van der Waals surface area contributed by atoms with Gasteiger partial charge in [0.25, 0.3) is 0 Å². The number of rotatable bonds is 6. The fraction of sp³-hybridized carbons (Fsp3) is 0.500. The number of Topliss-reactive ketones (excluding diaryl/α,β-unsaturated/α-hetero) is 1. The minimum absolute atomic E-state index is 0.0537. The lowest BCUT2D eigenvalue weighted by Gasteiger charge is -2.18. The molecule has 0 aliphatic rings. The van der Waals surface area contributed by atoms with Crippen LogP contribution in [0.4, 0.5) is 0 Å². The van der Waals surface area contributed by atoms with Crippen molar-refractivity contribution in [2.24, 2.45) is 0 Å². The van der Waals surface area contributed by atoms with Crippen molar-refractivity contribution in [1.82, 2.24) is 4.90 Å². The van der Waals surface area contributed by atoms with Gasteiger partial charge in [-0.05, 0) is 33.3 Å². The molecule has 104 valence electrons. The van der Waals surface area contributed by atoms with Gasteiger partial charge in [0.15, 0.2) is 5.78 Å². The van der Waals surface area contributed by atoms with Gasteiger partial charge in [-0.15, -0.1) is 0 Å². The zero-order chi connectivity index (χ0) is 14.4. The number of benzene rings is 1. The molecule has 0 aliphatic carbocycles. The Morgan fingerprint density at radius 3 is 2.21 bits per heavy atom. The van der Waals surface area contributed by atoms with E-state index in [0.29, 0.717) is 25.9 Å². The monoisotopic (exact) mass is 261 g/mol. The fourth-order valence-electron chi connectivity index (χ4n) is 2.22. The predicted molar refractivity (Wildman–Crippen MR) is 77.4 cm³/mol. The molecule has 19 heavy (non-hydrogen) atoms. The summed E-state index contributed by atoms with van der Waals surface area (Å²) < 4.78 is 0. The summed E-state index contributed by atoms with van der Waals surface area (Å²) in [5, 5.41) is 0. The molecule has 0 bridgehead atoms. The molecule has 0 aromatic heterocycles. The van der Waals surface area contributed by atoms with E-state index in [1.807, 2.05) is 45.9 Å². The van der Waals surface area contributed by atoms with Crippen LogP contribution >= 0.6 is 0 Å². The molecule has 0 spiro atoms. The molecule has 1 amide bonds. The first kappa shape index (κ1) is 15.4. The Morgan fingerprint density at radius 2 is 1.68 bits per heavy atom. The minimum Gasteiger partial charge on any atom is -0.343 e. The number of hydrogen-bond acceptors (Lipinski definition) is 2. The van der Waals surface area contributed by atoms with Crippen LogP contribution in [0.15, 0.2) is 18.2 Å². The number of carbonyl (C=O) groups is 2. The molecule has 0 saturated heterocycles. The third-order valence-corrected chi connectivity index (χ3v) is 3.36. The quantitative estimate of drug-likeness (QED) is 0.738. The highest BCUT2D eigenvalue weighted by Crippen LogP contribution is 2.14. The SMILES string of the molecule is CCN(CC)C(=O)CCC(=O)c1ccc(C)cc1C. The van der Waals surface area contributed by atoms with E-state index in [-0.39, 0.29) is 11.7 Å². The van der Waals surface area contributed by atoms with Crippen molar-refractivity contribution < 1.29 is 9.59 Å². The molecule has 1 aromatic rings. The van der Waals surface area contributed by atoms with Crippen LogP contribution in [0.25, 0.3) is 0 Å². The first-order valence-electron chi connectivity index (χ1n) is 6.87. The molecule has 3 nitrogen and oxygen atoms in total. The average Bonchev–Trinajstić information content (AvgIpc) is 2.37. The van der Waals surface area contributed by atoms with Crippen LogP contribution in [0.2, 0.25) is 0 Å². The summed E-state index contributed by atoms with van der Waals surface area (Å²) in [6, 6.07) is 5.79. The van der Waals surface area contributed by atoms with Gasteiger partial charge in [-0.3, -0.25) is 9.59 Å². The number of aryl methyl sites for hydroxylation is 2. The second-order valence-electron chi connectivity index (χ2n) is 4.81. The van der Waals surface area contributed by atoms with Crippen molar-refractivity contribution in [2.75, 3.05) is 13.1 Å². The van der Waals surface area contributed by atoms with E-state index in [4.69, 9.17) is 0 Å². The van der Waals surface area contributed by atoms with Crippen molar-refractivity contribution in [2.45, 2.75) is 40.5 Å². The normalized spacial score (nSPS) is 10.3. The largest absolute Gasteiger partial charge is 0.343 e. The average molecular weight is 261 g/mol. The van der Waals surface area contributed by atoms with Crippen molar-refractivity contribution in [3.05, 3.63) is 34.9 Å². The first-order chi connectivity index (χ1) is 8.99. The van der Waals surface area contributed by atoms with E-state index >= 15 is 0 Å². The van der Waals surface area contributed by atoms with Gasteiger partial charge < -0.3 is 4.90 Å². The van der Waals surface area contributed by atoms with Crippen LogP contribution in [0, 0.1) is 13.8 Å². The Bertz CT molecular complexity index is 462. The number of hydrogen-bond donors (Lipinski definition) is 0. The van der Waals surface area contributed by atoms with Gasteiger partial charge in [-0.1, -0.05) is 23.8 Å². The van der Waals surface area contributed by atoms with Gasteiger partial charge >= 0.3 is 0 Å². The van der Waals surface area contributed by atoms with E-state index in [9.17, 15) is 9.59 Å². The topological polar surface area (TPSA) is 37.4 Å². The summed E-state index contributed by atoms with van der Waals surface area (Å²) in [6.07, 6.45) is 0.590. The van der Waals surface area contributed by atoms with Crippen LogP contribution in [0.5, 0.6) is 0 Å². The highest BCUT2D eigenvalue weighted by atomic mass is 16.2. The molecule has 0 radical (unpaired) electrons. The molecule has 0 aliphatic heterocycles. The van der Waals surface area contributed by atoms with Crippen LogP contribution in [0.3, 0.4) is 0 Å². The maximum Gasteiger partial charge on any atom is 0.223 e. The van der Waals surface area contributed by atoms with Crippen LogP contribution in [0.1, 0.15) is 48.2 Å². The summed E-state index contributed by atoms with van der Waals surface area (Å²) in [6.45, 7) is 9.25. The van der Waals surface area contributed by atoms with Crippen molar-refractivity contribution in [3.63, 3.8) is 0 Å². The third-order valence-electron chi connectivity index (χ3n) is 3.36. The van der Waals surface area contributed by atoms with E-state index in [2.05, 4.69) is 0 Å². The number of amides is 1. The summed E-state index contributed by atoms with van der Waals surface area (Å²) >= 11 is 0. The lowest BCUT2D eigenvalue weighted by molar-refractivity contribution is -0.130. The molecule has 3 heteroatoms. The van der Waals surface area contributed by atoms with E-state index in [1.54, 1.807) is 4.90 Å². The molecule has 0 fully saturated rings. The number of ketones is 1. The van der Waals surface area contributed by atoms with E-state index in [1.165, 1.54) is 0 Å². The summed E-state index contributed by atoms with van der Waals surface area (Å²) in [7, 11) is 0. The second-order valence-corrected chi connectivity index (χ2v) is 4.81. The molecule has 0 heterocycles. The van der Waals surface area contributed by atoms with Gasteiger partial charge in [-0.25, -0.2) is 0 Å². The van der Waals surface area contributed by atoms with Crippen molar-refractivity contribution in [3.8, 4) is 0 Å². The lowest BCUT2D eigenvalue weighted by atomic mass is 9.99. The molecule has 1 aromatic carbocycles. The standard InChI is InChI=1S/C16H23NO2/c1-5-17(6-2)16(19)10-9-15(18)14-8-7-12(3)11-13(14)4/h7-8,11H,5-6,9-10H2,1-4H3. The highest BCUT2D eigenvalue weighted by Gasteiger charge is 2.14. The summed E-state index contributed by atoms with van der Waals surface area (Å²) in [4.78, 5) is 25.7. The van der Waals surface area contributed by atoms with Crippen LogP contribution < -0.4 is 0 Å². The van der Waals surface area contributed by atoms with Gasteiger partial charge in [0.2, 0.25) is 5.91 Å². The molecular formula is C16H23NO2. The van der Waals surface area contributed by atoms with Crippen LogP contribution in [-0.2, 0) is 4.79 Å². The van der Waals surface area contributed by atoms with Gasteiger partial charge in [0, 0.05) is 31.5 Å². The molecule has 0 saturated carbocycles. The zero-order valence-corrected chi connectivity index (χ0v) is 12.3. The van der Waals surface area contributed by atoms with Crippen LogP contribution in [-0.4, -0.2) is 29.7 Å². The molecule has 1 rings (SSSR count). The van der Waals surface area contributed by atoms with Crippen molar-refractivity contribution in [1.29, 1.82) is 0 Å². The third kappa shape index (κ3) is 4.19. The zero-order valence-electron chi connectivity index (χ0n) is 12.3. The Kier molecular flexibility index (Phi) is 5.74. The van der Waals surface area contributed by atoms with E-state index in [0.717, 1.165) is 16.7 Å². The smallest absolute Gasteiger partial charge is 0.223 e. The second kappa shape index (κ2) is 7.07. The molecular weight excluding hydrogens is 238 g/mol.